The van der Waals surface area contributed by atoms with E-state index in [4.69, 9.17) is 9.84 Å². The maximum atomic E-state index is 10.8. The highest BCUT2D eigenvalue weighted by molar-refractivity contribution is 5.73. The maximum absolute atomic E-state index is 10.8. The zero-order valence-electron chi connectivity index (χ0n) is 6.90. The molecular formula is C8H13NO3. The first-order valence-corrected chi connectivity index (χ1v) is 4.35. The minimum absolute atomic E-state index is 0.353. The molecule has 0 spiro atoms. The Balaban J connectivity index is 2.08. The average Bonchev–Trinajstić information content (AvgIpc) is 2.49. The van der Waals surface area contributed by atoms with E-state index >= 15 is 0 Å². The molecule has 0 radical (unpaired) electrons. The lowest BCUT2D eigenvalue weighted by Gasteiger charge is -2.34. The molecule has 0 aromatic rings. The van der Waals surface area contributed by atoms with Crippen molar-refractivity contribution in [1.29, 1.82) is 0 Å². The molecule has 0 saturated carbocycles. The van der Waals surface area contributed by atoms with Crippen LogP contribution >= 0.6 is 0 Å². The van der Waals surface area contributed by atoms with Gasteiger partial charge in [0.05, 0.1) is 13.2 Å². The number of aliphatic carboxylic acids is 1. The van der Waals surface area contributed by atoms with Gasteiger partial charge in [-0.05, 0) is 19.4 Å². The van der Waals surface area contributed by atoms with Crippen LogP contribution in [0.1, 0.15) is 12.8 Å². The second-order valence-electron chi connectivity index (χ2n) is 3.43. The molecule has 2 heterocycles. The van der Waals surface area contributed by atoms with Gasteiger partial charge in [-0.1, -0.05) is 0 Å². The van der Waals surface area contributed by atoms with Crippen molar-refractivity contribution in [3.05, 3.63) is 0 Å². The summed E-state index contributed by atoms with van der Waals surface area (Å²) >= 11 is 0. The van der Waals surface area contributed by atoms with Crippen LogP contribution in [-0.2, 0) is 9.53 Å². The number of ether oxygens (including phenoxy) is 1. The summed E-state index contributed by atoms with van der Waals surface area (Å²) < 4.78 is 5.23. The fourth-order valence-electron chi connectivity index (χ4n) is 2.07. The van der Waals surface area contributed by atoms with Crippen LogP contribution in [0.25, 0.3) is 0 Å². The lowest BCUT2D eigenvalue weighted by atomic mass is 10.1. The van der Waals surface area contributed by atoms with Gasteiger partial charge >= 0.3 is 5.97 Å². The molecule has 68 valence electrons. The van der Waals surface area contributed by atoms with Gasteiger partial charge in [-0.15, -0.1) is 0 Å². The number of carbonyl (C=O) groups is 1. The minimum atomic E-state index is -0.749. The molecule has 0 aromatic heterocycles. The number of morpholine rings is 1. The van der Waals surface area contributed by atoms with Crippen molar-refractivity contribution in [3.8, 4) is 0 Å². The predicted molar refractivity (Wildman–Crippen MR) is 42.0 cm³/mol. The Morgan fingerprint density at radius 3 is 3.08 bits per heavy atom. The normalized spacial score (nSPS) is 36.3. The van der Waals surface area contributed by atoms with Crippen molar-refractivity contribution in [2.45, 2.75) is 24.9 Å². The van der Waals surface area contributed by atoms with E-state index in [0.717, 1.165) is 19.4 Å². The van der Waals surface area contributed by atoms with Gasteiger partial charge in [0.1, 0.15) is 6.04 Å². The van der Waals surface area contributed by atoms with Gasteiger partial charge in [0, 0.05) is 6.04 Å². The fraction of sp³-hybridized carbons (Fsp3) is 0.875. The largest absolute Gasteiger partial charge is 0.480 e. The van der Waals surface area contributed by atoms with E-state index in [2.05, 4.69) is 4.90 Å². The molecule has 0 aromatic carbocycles. The van der Waals surface area contributed by atoms with Crippen LogP contribution < -0.4 is 0 Å². The lowest BCUT2D eigenvalue weighted by molar-refractivity contribution is -0.151. The number of nitrogens with zero attached hydrogens (tertiary/aromatic N) is 1. The summed E-state index contributed by atoms with van der Waals surface area (Å²) in [5.41, 5.74) is 0. The van der Waals surface area contributed by atoms with Crippen LogP contribution in [0.4, 0.5) is 0 Å². The van der Waals surface area contributed by atoms with Crippen LogP contribution in [0, 0.1) is 0 Å². The Morgan fingerprint density at radius 2 is 2.33 bits per heavy atom. The van der Waals surface area contributed by atoms with E-state index in [1.807, 2.05) is 0 Å². The molecule has 2 fully saturated rings. The van der Waals surface area contributed by atoms with Crippen molar-refractivity contribution >= 4 is 5.97 Å². The molecular weight excluding hydrogens is 158 g/mol. The zero-order chi connectivity index (χ0) is 8.55. The first kappa shape index (κ1) is 8.01. The third-order valence-electron chi connectivity index (χ3n) is 2.69. The Hall–Kier alpha value is -0.610. The van der Waals surface area contributed by atoms with Crippen molar-refractivity contribution in [2.75, 3.05) is 19.8 Å². The summed E-state index contributed by atoms with van der Waals surface area (Å²) in [6.45, 7) is 1.99. The van der Waals surface area contributed by atoms with E-state index in [1.165, 1.54) is 0 Å². The first-order valence-electron chi connectivity index (χ1n) is 4.35. The van der Waals surface area contributed by atoms with Crippen LogP contribution in [-0.4, -0.2) is 47.8 Å². The molecule has 1 unspecified atom stereocenters. The Kier molecular flexibility index (Phi) is 2.02. The number of hydrogen-bond acceptors (Lipinski definition) is 3. The van der Waals surface area contributed by atoms with E-state index < -0.39 is 12.0 Å². The summed E-state index contributed by atoms with van der Waals surface area (Å²) in [5, 5.41) is 8.86. The average molecular weight is 171 g/mol. The monoisotopic (exact) mass is 171 g/mol. The second kappa shape index (κ2) is 3.03. The highest BCUT2D eigenvalue weighted by Crippen LogP contribution is 2.24. The van der Waals surface area contributed by atoms with Gasteiger partial charge in [0.15, 0.2) is 0 Å². The molecule has 2 saturated heterocycles. The summed E-state index contributed by atoms with van der Waals surface area (Å²) in [7, 11) is 0. The van der Waals surface area contributed by atoms with Crippen molar-refractivity contribution < 1.29 is 14.6 Å². The highest BCUT2D eigenvalue weighted by Gasteiger charge is 2.38. The quantitative estimate of drug-likeness (QED) is 0.600. The van der Waals surface area contributed by atoms with Gasteiger partial charge in [0.25, 0.3) is 0 Å². The van der Waals surface area contributed by atoms with Crippen LogP contribution in [0.2, 0.25) is 0 Å². The Labute approximate surface area is 71.1 Å². The smallest absolute Gasteiger partial charge is 0.323 e. The number of fused-ring (bicyclic) bond motifs is 1. The molecule has 4 heteroatoms. The van der Waals surface area contributed by atoms with Crippen LogP contribution in [0.15, 0.2) is 0 Å². The Morgan fingerprint density at radius 1 is 1.50 bits per heavy atom. The topological polar surface area (TPSA) is 49.8 Å². The molecule has 0 aliphatic carbocycles. The van der Waals surface area contributed by atoms with Crippen molar-refractivity contribution in [2.24, 2.45) is 0 Å². The molecule has 0 bridgehead atoms. The highest BCUT2D eigenvalue weighted by atomic mass is 16.5. The van der Waals surface area contributed by atoms with Crippen LogP contribution in [0.3, 0.4) is 0 Å². The fourth-order valence-corrected chi connectivity index (χ4v) is 2.07. The van der Waals surface area contributed by atoms with Crippen molar-refractivity contribution in [1.82, 2.24) is 4.90 Å². The van der Waals surface area contributed by atoms with Crippen LogP contribution in [0.5, 0.6) is 0 Å². The van der Waals surface area contributed by atoms with Gasteiger partial charge in [-0.3, -0.25) is 9.69 Å². The third-order valence-corrected chi connectivity index (χ3v) is 2.69. The first-order chi connectivity index (χ1) is 5.79. The molecule has 2 rings (SSSR count). The molecule has 12 heavy (non-hydrogen) atoms. The van der Waals surface area contributed by atoms with Gasteiger partial charge in [-0.2, -0.15) is 0 Å². The van der Waals surface area contributed by atoms with Gasteiger partial charge in [-0.25, -0.2) is 0 Å². The lowest BCUT2D eigenvalue weighted by Crippen LogP contribution is -2.52. The van der Waals surface area contributed by atoms with Gasteiger partial charge in [0.2, 0.25) is 0 Å². The van der Waals surface area contributed by atoms with E-state index in [1.54, 1.807) is 0 Å². The summed E-state index contributed by atoms with van der Waals surface area (Å²) in [6, 6.07) is -0.0360. The standard InChI is InChI=1S/C8H13NO3/c10-8(11)7-5-12-4-6-2-1-3-9(6)7/h6-7H,1-5H2,(H,10,11)/t6-,7?/m1/s1. The summed E-state index contributed by atoms with van der Waals surface area (Å²) in [6.07, 6.45) is 2.20. The Bertz CT molecular complexity index is 195. The van der Waals surface area contributed by atoms with E-state index in [-0.39, 0.29) is 0 Å². The third kappa shape index (κ3) is 1.21. The number of rotatable bonds is 1. The molecule has 2 aliphatic rings. The second-order valence-corrected chi connectivity index (χ2v) is 3.43. The predicted octanol–water partition coefficient (Wildman–Crippen LogP) is -0.0658. The molecule has 1 N–H and O–H groups in total. The molecule has 2 atom stereocenters. The number of carboxylic acid groups (broad SMARTS) is 1. The van der Waals surface area contributed by atoms with Gasteiger partial charge < -0.3 is 9.84 Å². The SMILES string of the molecule is O=C(O)C1COC[C@H]2CCCN12. The summed E-state index contributed by atoms with van der Waals surface area (Å²) in [5.74, 6) is -0.749. The van der Waals surface area contributed by atoms with E-state index in [0.29, 0.717) is 19.3 Å². The minimum Gasteiger partial charge on any atom is -0.480 e. The molecule has 4 nitrogen and oxygen atoms in total. The number of carboxylic acids is 1. The zero-order valence-corrected chi connectivity index (χ0v) is 6.90. The molecule has 0 amide bonds. The maximum Gasteiger partial charge on any atom is 0.323 e. The molecule has 2 aliphatic heterocycles. The van der Waals surface area contributed by atoms with E-state index in [9.17, 15) is 4.79 Å². The summed E-state index contributed by atoms with van der Waals surface area (Å²) in [4.78, 5) is 12.8. The van der Waals surface area contributed by atoms with Crippen molar-refractivity contribution in [3.63, 3.8) is 0 Å². The number of hydrogen-bond donors (Lipinski definition) is 1.